The van der Waals surface area contributed by atoms with Gasteiger partial charge in [-0.25, -0.2) is 0 Å². The first-order valence-electron chi connectivity index (χ1n) is 13.9. The standard InChI is InChI=1S/C31H32N4O5S/c32-29(38)24-13-16-41-28-18-31(30(39)35(24)28)14-4-15-34(31)27(37)17-20-9-11-22(12-10-20)33-26(36)19-40-25-8-3-6-21-5-1-2-7-23(21)25/h1-3,5-12,24,28H,4,13-19H2,(H2,32,38)(H,33,36)/t24-,28?,31?/m1/s1. The molecule has 0 saturated carbocycles. The molecule has 3 saturated heterocycles. The maximum Gasteiger partial charge on any atom is 0.262 e. The Bertz CT molecular complexity index is 1510. The molecular weight excluding hydrogens is 540 g/mol. The fraction of sp³-hybridized carbons (Fsp3) is 0.355. The molecule has 0 bridgehead atoms. The van der Waals surface area contributed by atoms with Gasteiger partial charge in [0.05, 0.1) is 11.8 Å². The predicted molar refractivity (Wildman–Crippen MR) is 157 cm³/mol. The highest BCUT2D eigenvalue weighted by molar-refractivity contribution is 7.99. The molecule has 41 heavy (non-hydrogen) atoms. The van der Waals surface area contributed by atoms with Crippen molar-refractivity contribution in [1.29, 1.82) is 0 Å². The summed E-state index contributed by atoms with van der Waals surface area (Å²) in [6.07, 6.45) is 2.56. The molecule has 4 amide bonds. The van der Waals surface area contributed by atoms with E-state index in [4.69, 9.17) is 10.5 Å². The molecule has 3 fully saturated rings. The number of primary amides is 1. The number of hydrogen-bond donors (Lipinski definition) is 2. The minimum atomic E-state index is -0.898. The lowest BCUT2D eigenvalue weighted by Crippen LogP contribution is -2.57. The smallest absolute Gasteiger partial charge is 0.262 e. The van der Waals surface area contributed by atoms with Gasteiger partial charge < -0.3 is 25.6 Å². The maximum atomic E-state index is 13.7. The number of benzene rings is 3. The van der Waals surface area contributed by atoms with Gasteiger partial charge in [-0.15, -0.1) is 11.8 Å². The van der Waals surface area contributed by atoms with Crippen molar-refractivity contribution in [2.75, 3.05) is 24.2 Å². The second-order valence-corrected chi connectivity index (χ2v) is 12.1. The summed E-state index contributed by atoms with van der Waals surface area (Å²) in [5.74, 6) is 0.384. The van der Waals surface area contributed by atoms with Crippen LogP contribution in [-0.2, 0) is 25.6 Å². The number of nitrogens with zero attached hydrogens (tertiary/aromatic N) is 2. The van der Waals surface area contributed by atoms with Gasteiger partial charge in [0.2, 0.25) is 17.7 Å². The van der Waals surface area contributed by atoms with Gasteiger partial charge in [0.15, 0.2) is 6.61 Å². The topological polar surface area (TPSA) is 122 Å². The maximum absolute atomic E-state index is 13.7. The molecule has 6 rings (SSSR count). The number of carbonyl (C=O) groups is 4. The predicted octanol–water partition coefficient (Wildman–Crippen LogP) is 3.31. The normalized spacial score (nSPS) is 23.6. The van der Waals surface area contributed by atoms with Crippen molar-refractivity contribution >= 4 is 51.9 Å². The highest BCUT2D eigenvalue weighted by atomic mass is 32.2. The summed E-state index contributed by atoms with van der Waals surface area (Å²) in [5, 5.41) is 4.69. The Hall–Kier alpha value is -4.05. The number of likely N-dealkylation sites (tertiary alicyclic amines) is 1. The molecule has 212 valence electrons. The lowest BCUT2D eigenvalue weighted by molar-refractivity contribution is -0.148. The first-order chi connectivity index (χ1) is 19.9. The van der Waals surface area contributed by atoms with Crippen LogP contribution >= 0.6 is 11.8 Å². The highest BCUT2D eigenvalue weighted by Gasteiger charge is 2.61. The molecule has 10 heteroatoms. The molecule has 3 aliphatic heterocycles. The summed E-state index contributed by atoms with van der Waals surface area (Å²) >= 11 is 1.66. The molecule has 3 atom stereocenters. The molecule has 3 aromatic carbocycles. The van der Waals surface area contributed by atoms with Gasteiger partial charge in [-0.3, -0.25) is 19.2 Å². The number of rotatable bonds is 7. The Labute approximate surface area is 242 Å². The summed E-state index contributed by atoms with van der Waals surface area (Å²) in [4.78, 5) is 55.1. The highest BCUT2D eigenvalue weighted by Crippen LogP contribution is 2.48. The molecule has 3 heterocycles. The van der Waals surface area contributed by atoms with Gasteiger partial charge in [0.1, 0.15) is 17.3 Å². The third-order valence-corrected chi connectivity index (χ3v) is 9.56. The van der Waals surface area contributed by atoms with E-state index in [0.717, 1.165) is 28.5 Å². The zero-order chi connectivity index (χ0) is 28.6. The van der Waals surface area contributed by atoms with Crippen molar-refractivity contribution in [2.45, 2.75) is 49.1 Å². The summed E-state index contributed by atoms with van der Waals surface area (Å²) in [5.41, 5.74) is 6.11. The van der Waals surface area contributed by atoms with Crippen molar-refractivity contribution in [1.82, 2.24) is 9.80 Å². The fourth-order valence-corrected chi connectivity index (χ4v) is 7.80. The number of amides is 4. The van der Waals surface area contributed by atoms with Crippen LogP contribution in [0.5, 0.6) is 5.75 Å². The molecule has 3 N–H and O–H groups in total. The summed E-state index contributed by atoms with van der Waals surface area (Å²) in [6.45, 7) is 0.383. The first kappa shape index (κ1) is 27.1. The summed E-state index contributed by atoms with van der Waals surface area (Å²) < 4.78 is 5.78. The zero-order valence-corrected chi connectivity index (χ0v) is 23.4. The van der Waals surface area contributed by atoms with Gasteiger partial charge in [0.25, 0.3) is 5.91 Å². The van der Waals surface area contributed by atoms with Gasteiger partial charge >= 0.3 is 0 Å². The number of nitrogens with one attached hydrogen (secondary N) is 1. The molecule has 2 unspecified atom stereocenters. The Balaban J connectivity index is 1.07. The zero-order valence-electron chi connectivity index (χ0n) is 22.6. The Kier molecular flexibility index (Phi) is 7.33. The van der Waals surface area contributed by atoms with Crippen molar-refractivity contribution in [3.05, 3.63) is 72.3 Å². The van der Waals surface area contributed by atoms with Crippen LogP contribution in [0, 0.1) is 0 Å². The van der Waals surface area contributed by atoms with Gasteiger partial charge in [-0.2, -0.15) is 0 Å². The van der Waals surface area contributed by atoms with Crippen LogP contribution in [0.15, 0.2) is 66.7 Å². The Morgan fingerprint density at radius 1 is 1.05 bits per heavy atom. The van der Waals surface area contributed by atoms with Crippen LogP contribution in [-0.4, -0.2) is 69.3 Å². The van der Waals surface area contributed by atoms with E-state index in [9.17, 15) is 19.2 Å². The average Bonchev–Trinajstić information content (AvgIpc) is 3.53. The van der Waals surface area contributed by atoms with Crippen LogP contribution in [0.2, 0.25) is 0 Å². The van der Waals surface area contributed by atoms with Crippen molar-refractivity contribution < 1.29 is 23.9 Å². The van der Waals surface area contributed by atoms with E-state index in [-0.39, 0.29) is 36.1 Å². The fourth-order valence-electron chi connectivity index (χ4n) is 6.38. The molecule has 0 radical (unpaired) electrons. The number of thioether (sulfide) groups is 1. The lowest BCUT2D eigenvalue weighted by atomic mass is 9.93. The van der Waals surface area contributed by atoms with Crippen LogP contribution in [0.1, 0.15) is 31.2 Å². The van der Waals surface area contributed by atoms with Gasteiger partial charge in [-0.1, -0.05) is 48.5 Å². The second kappa shape index (κ2) is 11.1. The third-order valence-electron chi connectivity index (χ3n) is 8.31. The number of fused-ring (bicyclic) bond motifs is 2. The van der Waals surface area contributed by atoms with Crippen molar-refractivity contribution in [3.8, 4) is 5.75 Å². The van der Waals surface area contributed by atoms with E-state index in [1.807, 2.05) is 42.5 Å². The molecule has 0 aliphatic carbocycles. The molecule has 3 aliphatic rings. The summed E-state index contributed by atoms with van der Waals surface area (Å²) in [7, 11) is 0. The molecule has 3 aromatic rings. The summed E-state index contributed by atoms with van der Waals surface area (Å²) in [6, 6.07) is 20.1. The first-order valence-corrected chi connectivity index (χ1v) is 14.9. The largest absolute Gasteiger partial charge is 0.483 e. The number of nitrogens with two attached hydrogens (primary N) is 1. The monoisotopic (exact) mass is 572 g/mol. The second-order valence-electron chi connectivity index (χ2n) is 10.8. The SMILES string of the molecule is NC(=O)[C@H]1CCSC2CC3(CCCN3C(=O)Cc3ccc(NC(=O)COc4cccc5ccccc45)cc3)C(=O)N21. The molecule has 0 aromatic heterocycles. The van der Waals surface area contributed by atoms with Crippen molar-refractivity contribution in [3.63, 3.8) is 0 Å². The third kappa shape index (κ3) is 5.12. The number of anilines is 1. The van der Waals surface area contributed by atoms with Crippen LogP contribution in [0.3, 0.4) is 0 Å². The number of ether oxygens (including phenoxy) is 1. The van der Waals surface area contributed by atoms with E-state index in [2.05, 4.69) is 5.32 Å². The van der Waals surface area contributed by atoms with Gasteiger partial charge in [0, 0.05) is 24.0 Å². The average molecular weight is 573 g/mol. The van der Waals surface area contributed by atoms with Crippen LogP contribution in [0.25, 0.3) is 10.8 Å². The van der Waals surface area contributed by atoms with E-state index in [1.54, 1.807) is 45.8 Å². The molecular formula is C31H32N4O5S. The van der Waals surface area contributed by atoms with Crippen LogP contribution in [0.4, 0.5) is 5.69 Å². The van der Waals surface area contributed by atoms with Crippen LogP contribution < -0.4 is 15.8 Å². The lowest BCUT2D eigenvalue weighted by Gasteiger charge is -2.36. The van der Waals surface area contributed by atoms with E-state index >= 15 is 0 Å². The van der Waals surface area contributed by atoms with Gasteiger partial charge in [-0.05, 0) is 54.2 Å². The van der Waals surface area contributed by atoms with E-state index < -0.39 is 17.5 Å². The number of carbonyl (C=O) groups excluding carboxylic acids is 4. The Morgan fingerprint density at radius 3 is 2.63 bits per heavy atom. The van der Waals surface area contributed by atoms with E-state index in [0.29, 0.717) is 37.2 Å². The molecule has 1 spiro atoms. The molecule has 9 nitrogen and oxygen atoms in total. The minimum Gasteiger partial charge on any atom is -0.483 e. The quantitative estimate of drug-likeness (QED) is 0.448. The number of hydrogen-bond acceptors (Lipinski definition) is 6. The van der Waals surface area contributed by atoms with Crippen molar-refractivity contribution in [2.24, 2.45) is 5.73 Å². The minimum absolute atomic E-state index is 0.114. The van der Waals surface area contributed by atoms with E-state index in [1.165, 1.54) is 0 Å². The Morgan fingerprint density at radius 2 is 1.83 bits per heavy atom.